The van der Waals surface area contributed by atoms with Gasteiger partial charge in [0.1, 0.15) is 0 Å². The molecule has 3 heterocycles. The van der Waals surface area contributed by atoms with Gasteiger partial charge in [-0.3, -0.25) is 0 Å². The summed E-state index contributed by atoms with van der Waals surface area (Å²) in [6.07, 6.45) is 1.76. The smallest absolute Gasteiger partial charge is 0.243 e. The van der Waals surface area contributed by atoms with E-state index in [-0.39, 0.29) is 4.90 Å². The van der Waals surface area contributed by atoms with Gasteiger partial charge in [-0.05, 0) is 24.6 Å². The quantitative estimate of drug-likeness (QED) is 0.721. The van der Waals surface area contributed by atoms with Gasteiger partial charge in [-0.1, -0.05) is 17.7 Å². The maximum Gasteiger partial charge on any atom is 0.243 e. The average molecular weight is 438 g/mol. The van der Waals surface area contributed by atoms with E-state index in [1.165, 1.54) is 10.4 Å². The van der Waals surface area contributed by atoms with E-state index in [1.807, 2.05) is 13.0 Å². The van der Waals surface area contributed by atoms with E-state index in [0.717, 1.165) is 30.2 Å². The summed E-state index contributed by atoms with van der Waals surface area (Å²) < 4.78 is 32.8. The second-order valence-electron chi connectivity index (χ2n) is 7.17. The van der Waals surface area contributed by atoms with Gasteiger partial charge in [0, 0.05) is 50.4 Å². The lowest BCUT2D eigenvalue weighted by atomic mass is 10.2. The minimum absolute atomic E-state index is 0.232. The lowest BCUT2D eigenvalue weighted by Crippen LogP contribution is -2.49. The summed E-state index contributed by atoms with van der Waals surface area (Å²) in [7, 11) is -3.57. The third-order valence-corrected chi connectivity index (χ3v) is 7.65. The van der Waals surface area contributed by atoms with Crippen molar-refractivity contribution >= 4 is 33.1 Å². The van der Waals surface area contributed by atoms with Crippen LogP contribution in [0.5, 0.6) is 0 Å². The van der Waals surface area contributed by atoms with Gasteiger partial charge in [0.15, 0.2) is 5.82 Å². The number of morpholine rings is 1. The van der Waals surface area contributed by atoms with Crippen molar-refractivity contribution in [2.45, 2.75) is 11.8 Å². The molecule has 0 radical (unpaired) electrons. The van der Waals surface area contributed by atoms with E-state index < -0.39 is 10.0 Å². The predicted molar refractivity (Wildman–Crippen MR) is 112 cm³/mol. The minimum Gasteiger partial charge on any atom is -0.378 e. The Balaban J connectivity index is 1.44. The molecule has 0 atom stereocenters. The predicted octanol–water partition coefficient (Wildman–Crippen LogP) is 1.79. The molecule has 0 N–H and O–H groups in total. The molecule has 2 saturated heterocycles. The second-order valence-corrected chi connectivity index (χ2v) is 9.52. The van der Waals surface area contributed by atoms with Gasteiger partial charge in [0.25, 0.3) is 0 Å². The topological polar surface area (TPSA) is 78.9 Å². The van der Waals surface area contributed by atoms with Crippen molar-refractivity contribution in [3.05, 3.63) is 41.0 Å². The van der Waals surface area contributed by atoms with Crippen LogP contribution in [0.2, 0.25) is 5.02 Å². The van der Waals surface area contributed by atoms with Gasteiger partial charge in [-0.2, -0.15) is 9.40 Å². The Morgan fingerprint density at radius 1 is 1.00 bits per heavy atom. The Morgan fingerprint density at radius 3 is 2.41 bits per heavy atom. The molecule has 0 aliphatic carbocycles. The summed E-state index contributed by atoms with van der Waals surface area (Å²) in [5.74, 6) is 0.768. The molecule has 10 heteroatoms. The third-order valence-electron chi connectivity index (χ3n) is 5.35. The van der Waals surface area contributed by atoms with Crippen molar-refractivity contribution in [2.75, 3.05) is 62.3 Å². The van der Waals surface area contributed by atoms with E-state index in [1.54, 1.807) is 18.3 Å². The molecule has 2 aliphatic heterocycles. The number of benzene rings is 1. The maximum atomic E-state index is 13.0. The van der Waals surface area contributed by atoms with Gasteiger partial charge in [0.2, 0.25) is 10.0 Å². The van der Waals surface area contributed by atoms with Crippen LogP contribution in [0.25, 0.3) is 0 Å². The number of rotatable bonds is 4. The molecule has 2 aliphatic rings. The second kappa shape index (κ2) is 8.43. The van der Waals surface area contributed by atoms with E-state index >= 15 is 0 Å². The van der Waals surface area contributed by atoms with Gasteiger partial charge in [-0.25, -0.2) is 8.42 Å². The Labute approximate surface area is 176 Å². The average Bonchev–Trinajstić information content (AvgIpc) is 2.76. The molecule has 0 bridgehead atoms. The zero-order valence-corrected chi connectivity index (χ0v) is 17.9. The highest BCUT2D eigenvalue weighted by Gasteiger charge is 2.29. The molecule has 2 aromatic rings. The number of hydrogen-bond acceptors (Lipinski definition) is 7. The first-order valence-corrected chi connectivity index (χ1v) is 11.4. The van der Waals surface area contributed by atoms with Crippen molar-refractivity contribution in [3.63, 3.8) is 0 Å². The Kier molecular flexibility index (Phi) is 5.91. The highest BCUT2D eigenvalue weighted by Crippen LogP contribution is 2.25. The van der Waals surface area contributed by atoms with E-state index in [2.05, 4.69) is 20.0 Å². The molecule has 0 amide bonds. The molecule has 0 saturated carbocycles. The number of piperazine rings is 1. The molecule has 8 nitrogen and oxygen atoms in total. The van der Waals surface area contributed by atoms with Crippen molar-refractivity contribution in [2.24, 2.45) is 0 Å². The molecular formula is C19H24ClN5O3S. The van der Waals surface area contributed by atoms with Crippen molar-refractivity contribution in [3.8, 4) is 0 Å². The fraction of sp³-hybridized carbons (Fsp3) is 0.474. The molecule has 0 spiro atoms. The SMILES string of the molecule is Cc1ccc(S(=O)(=O)N2CCN(c3cc(N4CCOCC4)cnn3)CC2)cc1Cl. The Morgan fingerprint density at radius 2 is 1.72 bits per heavy atom. The number of ether oxygens (including phenoxy) is 1. The number of aryl methyl sites for hydroxylation is 1. The van der Waals surface area contributed by atoms with Crippen LogP contribution in [0.15, 0.2) is 35.4 Å². The summed E-state index contributed by atoms with van der Waals surface area (Å²) in [5.41, 5.74) is 1.87. The first kappa shape index (κ1) is 20.3. The molecule has 0 unspecified atom stereocenters. The largest absolute Gasteiger partial charge is 0.378 e. The number of nitrogens with zero attached hydrogens (tertiary/aromatic N) is 5. The molecule has 156 valence electrons. The number of aromatic nitrogens is 2. The third kappa shape index (κ3) is 4.32. The van der Waals surface area contributed by atoms with Crippen molar-refractivity contribution in [1.82, 2.24) is 14.5 Å². The van der Waals surface area contributed by atoms with Crippen LogP contribution < -0.4 is 9.80 Å². The monoisotopic (exact) mass is 437 g/mol. The van der Waals surface area contributed by atoms with Gasteiger partial charge in [0.05, 0.1) is 30.0 Å². The number of halogens is 1. The lowest BCUT2D eigenvalue weighted by Gasteiger charge is -2.35. The summed E-state index contributed by atoms with van der Waals surface area (Å²) in [5, 5.41) is 8.86. The molecule has 1 aromatic carbocycles. The summed E-state index contributed by atoms with van der Waals surface area (Å²) in [4.78, 5) is 4.53. The zero-order chi connectivity index (χ0) is 20.4. The Hall–Kier alpha value is -1.94. The highest BCUT2D eigenvalue weighted by atomic mass is 35.5. The van der Waals surface area contributed by atoms with Crippen LogP contribution in [0.4, 0.5) is 11.5 Å². The number of sulfonamides is 1. The van der Waals surface area contributed by atoms with Crippen LogP contribution in [0.1, 0.15) is 5.56 Å². The van der Waals surface area contributed by atoms with Crippen LogP contribution >= 0.6 is 11.6 Å². The molecule has 2 fully saturated rings. The molecule has 4 rings (SSSR count). The minimum atomic E-state index is -3.57. The van der Waals surface area contributed by atoms with Crippen LogP contribution in [-0.4, -0.2) is 75.4 Å². The summed E-state index contributed by atoms with van der Waals surface area (Å²) in [6.45, 7) is 6.80. The van der Waals surface area contributed by atoms with E-state index in [4.69, 9.17) is 16.3 Å². The highest BCUT2D eigenvalue weighted by molar-refractivity contribution is 7.89. The van der Waals surface area contributed by atoms with Gasteiger partial charge >= 0.3 is 0 Å². The van der Waals surface area contributed by atoms with Crippen LogP contribution in [-0.2, 0) is 14.8 Å². The fourth-order valence-corrected chi connectivity index (χ4v) is 5.23. The number of anilines is 2. The van der Waals surface area contributed by atoms with E-state index in [9.17, 15) is 8.42 Å². The van der Waals surface area contributed by atoms with Gasteiger partial charge < -0.3 is 14.5 Å². The molecule has 29 heavy (non-hydrogen) atoms. The van der Waals surface area contributed by atoms with Crippen LogP contribution in [0.3, 0.4) is 0 Å². The van der Waals surface area contributed by atoms with Crippen molar-refractivity contribution < 1.29 is 13.2 Å². The van der Waals surface area contributed by atoms with Crippen molar-refractivity contribution in [1.29, 1.82) is 0 Å². The summed E-state index contributed by atoms with van der Waals surface area (Å²) >= 11 is 6.12. The van der Waals surface area contributed by atoms with Gasteiger partial charge in [-0.15, -0.1) is 5.10 Å². The maximum absolute atomic E-state index is 13.0. The lowest BCUT2D eigenvalue weighted by molar-refractivity contribution is 0.122. The number of hydrogen-bond donors (Lipinski definition) is 0. The van der Waals surface area contributed by atoms with E-state index in [0.29, 0.717) is 44.4 Å². The first-order valence-electron chi connectivity index (χ1n) is 9.62. The fourth-order valence-electron chi connectivity index (χ4n) is 3.54. The first-order chi connectivity index (χ1) is 13.9. The molecular weight excluding hydrogens is 414 g/mol. The molecule has 1 aromatic heterocycles. The van der Waals surface area contributed by atoms with Crippen LogP contribution in [0, 0.1) is 6.92 Å². The standard InChI is InChI=1S/C19H24ClN5O3S/c1-15-2-3-17(13-18(15)20)29(26,27)25-6-4-24(5-7-25)19-12-16(14-21-22-19)23-8-10-28-11-9-23/h2-3,12-14H,4-11H2,1H3. The normalized spacial score (nSPS) is 18.8. The summed E-state index contributed by atoms with van der Waals surface area (Å²) in [6, 6.07) is 6.89. The zero-order valence-electron chi connectivity index (χ0n) is 16.3. The Bertz CT molecular complexity index is 974.